The van der Waals surface area contributed by atoms with Gasteiger partial charge in [-0.15, -0.1) is 13.2 Å². The zero-order chi connectivity index (χ0) is 23.4. The van der Waals surface area contributed by atoms with E-state index in [2.05, 4.69) is 9.84 Å². The van der Waals surface area contributed by atoms with E-state index < -0.39 is 12.0 Å². The fourth-order valence-corrected chi connectivity index (χ4v) is 4.75. The fourth-order valence-electron chi connectivity index (χ4n) is 4.75. The van der Waals surface area contributed by atoms with E-state index in [9.17, 15) is 18.0 Å². The summed E-state index contributed by atoms with van der Waals surface area (Å²) in [6.45, 7) is 2.39. The zero-order valence-corrected chi connectivity index (χ0v) is 18.1. The number of likely N-dealkylation sites (tertiary alicyclic amines) is 1. The van der Waals surface area contributed by atoms with E-state index in [1.165, 1.54) is 25.1 Å². The van der Waals surface area contributed by atoms with Crippen molar-refractivity contribution in [2.75, 3.05) is 13.1 Å². The highest BCUT2D eigenvalue weighted by molar-refractivity contribution is 5.94. The third-order valence-electron chi connectivity index (χ3n) is 6.38. The van der Waals surface area contributed by atoms with Crippen molar-refractivity contribution in [1.82, 2.24) is 14.7 Å². The van der Waals surface area contributed by atoms with Gasteiger partial charge in [0, 0.05) is 49.7 Å². The molecule has 3 aromatic rings. The average Bonchev–Trinajstić information content (AvgIpc) is 3.17. The van der Waals surface area contributed by atoms with E-state index >= 15 is 0 Å². The van der Waals surface area contributed by atoms with Crippen molar-refractivity contribution in [3.63, 3.8) is 0 Å². The number of nitrogens with zero attached hydrogens (tertiary/aromatic N) is 3. The van der Waals surface area contributed by atoms with E-state index in [0.717, 1.165) is 22.6 Å². The molecule has 9 heteroatoms. The number of benzene rings is 2. The monoisotopic (exact) mass is 457 g/mol. The third-order valence-corrected chi connectivity index (χ3v) is 6.38. The van der Waals surface area contributed by atoms with Crippen molar-refractivity contribution in [2.24, 2.45) is 7.05 Å². The first-order valence-corrected chi connectivity index (χ1v) is 10.6. The number of para-hydroxylation sites is 1. The van der Waals surface area contributed by atoms with Crippen LogP contribution < -0.4 is 9.47 Å². The number of rotatable bonds is 2. The van der Waals surface area contributed by atoms with Gasteiger partial charge in [-0.05, 0) is 42.8 Å². The molecule has 5 rings (SSSR count). The van der Waals surface area contributed by atoms with E-state index in [1.54, 1.807) is 4.90 Å². The smallest absolute Gasteiger partial charge is 0.482 e. The number of fused-ring (bicyclic) bond motifs is 4. The highest BCUT2D eigenvalue weighted by atomic mass is 19.4. The van der Waals surface area contributed by atoms with Crippen LogP contribution in [0.5, 0.6) is 11.5 Å². The van der Waals surface area contributed by atoms with Crippen LogP contribution in [0, 0.1) is 6.92 Å². The second kappa shape index (κ2) is 7.54. The Labute approximate surface area is 188 Å². The minimum atomic E-state index is -4.78. The summed E-state index contributed by atoms with van der Waals surface area (Å²) in [5, 5.41) is 4.46. The van der Waals surface area contributed by atoms with Gasteiger partial charge in [0.15, 0.2) is 0 Å². The molecular formula is C24H22F3N3O3. The number of aromatic nitrogens is 2. The number of aryl methyl sites for hydroxylation is 2. The molecule has 2 aliphatic heterocycles. The van der Waals surface area contributed by atoms with Crippen LogP contribution in [-0.2, 0) is 12.6 Å². The van der Waals surface area contributed by atoms with Gasteiger partial charge in [-0.1, -0.05) is 12.1 Å². The maximum atomic E-state index is 13.1. The minimum Gasteiger partial charge on any atom is -0.482 e. The first kappa shape index (κ1) is 21.4. The van der Waals surface area contributed by atoms with Gasteiger partial charge in [0.2, 0.25) is 0 Å². The zero-order valence-electron chi connectivity index (χ0n) is 18.1. The van der Waals surface area contributed by atoms with Crippen molar-refractivity contribution < 1.29 is 27.4 Å². The Morgan fingerprint density at radius 3 is 2.58 bits per heavy atom. The molecule has 0 radical (unpaired) electrons. The molecular weight excluding hydrogens is 435 g/mol. The van der Waals surface area contributed by atoms with Crippen LogP contribution in [0.1, 0.15) is 34.3 Å². The molecule has 1 saturated heterocycles. The van der Waals surface area contributed by atoms with Crippen molar-refractivity contribution in [3.8, 4) is 22.8 Å². The number of hydrogen-bond acceptors (Lipinski definition) is 4. The van der Waals surface area contributed by atoms with Crippen molar-refractivity contribution in [3.05, 3.63) is 65.4 Å². The van der Waals surface area contributed by atoms with Gasteiger partial charge in [0.1, 0.15) is 17.1 Å². The lowest BCUT2D eigenvalue weighted by Crippen LogP contribution is -2.49. The molecule has 1 aromatic heterocycles. The van der Waals surface area contributed by atoms with Gasteiger partial charge in [-0.3, -0.25) is 9.48 Å². The van der Waals surface area contributed by atoms with E-state index in [-0.39, 0.29) is 17.2 Å². The SMILES string of the molecule is Cc1cc(C(=O)N2CCC3(CC2)Oc2ccccc2-c2c3cnn2C)ccc1OC(F)(F)F. The van der Waals surface area contributed by atoms with Gasteiger partial charge >= 0.3 is 6.36 Å². The Morgan fingerprint density at radius 2 is 1.88 bits per heavy atom. The number of piperidine rings is 1. The Hall–Kier alpha value is -3.49. The molecule has 0 aliphatic carbocycles. The molecule has 0 unspecified atom stereocenters. The second-order valence-electron chi connectivity index (χ2n) is 8.44. The minimum absolute atomic E-state index is 0.228. The number of carbonyl (C=O) groups excluding carboxylic acids is 1. The van der Waals surface area contributed by atoms with Crippen LogP contribution in [0.25, 0.3) is 11.3 Å². The summed E-state index contributed by atoms with van der Waals surface area (Å²) in [6.07, 6.45) is -1.77. The van der Waals surface area contributed by atoms with Crippen LogP contribution >= 0.6 is 0 Å². The largest absolute Gasteiger partial charge is 0.573 e. The molecule has 172 valence electrons. The lowest BCUT2D eigenvalue weighted by molar-refractivity contribution is -0.274. The molecule has 1 amide bonds. The number of halogens is 3. The molecule has 6 nitrogen and oxygen atoms in total. The number of ether oxygens (including phenoxy) is 2. The highest BCUT2D eigenvalue weighted by Gasteiger charge is 2.46. The van der Waals surface area contributed by atoms with Crippen LogP contribution in [0.4, 0.5) is 13.2 Å². The quantitative estimate of drug-likeness (QED) is 0.554. The van der Waals surface area contributed by atoms with Crippen molar-refractivity contribution in [1.29, 1.82) is 0 Å². The number of alkyl halides is 3. The Balaban J connectivity index is 1.35. The van der Waals surface area contributed by atoms with E-state index in [1.807, 2.05) is 42.2 Å². The molecule has 3 heterocycles. The summed E-state index contributed by atoms with van der Waals surface area (Å²) in [6, 6.07) is 11.8. The average molecular weight is 457 g/mol. The highest BCUT2D eigenvalue weighted by Crippen LogP contribution is 2.49. The van der Waals surface area contributed by atoms with Crippen LogP contribution in [0.3, 0.4) is 0 Å². The molecule has 0 bridgehead atoms. The van der Waals surface area contributed by atoms with Crippen molar-refractivity contribution >= 4 is 5.91 Å². The maximum absolute atomic E-state index is 13.1. The number of amides is 1. The first-order valence-electron chi connectivity index (χ1n) is 10.6. The Bertz CT molecular complexity index is 1230. The number of carbonyl (C=O) groups is 1. The predicted octanol–water partition coefficient (Wildman–Crippen LogP) is 4.82. The van der Waals surface area contributed by atoms with Gasteiger partial charge in [-0.2, -0.15) is 5.10 Å². The number of hydrogen-bond donors (Lipinski definition) is 0. The van der Waals surface area contributed by atoms with Crippen molar-refractivity contribution in [2.45, 2.75) is 31.7 Å². The van der Waals surface area contributed by atoms with E-state index in [0.29, 0.717) is 31.5 Å². The summed E-state index contributed by atoms with van der Waals surface area (Å²) >= 11 is 0. The first-order chi connectivity index (χ1) is 15.7. The summed E-state index contributed by atoms with van der Waals surface area (Å²) in [5.41, 5.74) is 3.03. The topological polar surface area (TPSA) is 56.6 Å². The van der Waals surface area contributed by atoms with Gasteiger partial charge in [-0.25, -0.2) is 0 Å². The summed E-state index contributed by atoms with van der Waals surface area (Å²) < 4.78 is 49.9. The standard InChI is InChI=1S/C24H22F3N3O3/c1-15-13-16(7-8-19(15)33-24(25,26)27)22(31)30-11-9-23(10-12-30)18-14-28-29(2)21(18)17-5-3-4-6-20(17)32-23/h3-8,13-14H,9-12H2,1-2H3. The van der Waals surface area contributed by atoms with Crippen LogP contribution in [0.2, 0.25) is 0 Å². The predicted molar refractivity (Wildman–Crippen MR) is 114 cm³/mol. The van der Waals surface area contributed by atoms with Crippen LogP contribution in [-0.4, -0.2) is 40.0 Å². The molecule has 0 N–H and O–H groups in total. The molecule has 1 fully saturated rings. The lowest BCUT2D eigenvalue weighted by Gasteiger charge is -2.44. The van der Waals surface area contributed by atoms with Gasteiger partial charge in [0.05, 0.1) is 11.9 Å². The molecule has 1 spiro atoms. The summed E-state index contributed by atoms with van der Waals surface area (Å²) in [4.78, 5) is 14.8. The maximum Gasteiger partial charge on any atom is 0.573 e. The second-order valence-corrected chi connectivity index (χ2v) is 8.44. The van der Waals surface area contributed by atoms with E-state index in [4.69, 9.17) is 4.74 Å². The third kappa shape index (κ3) is 3.71. The van der Waals surface area contributed by atoms with Gasteiger partial charge in [0.25, 0.3) is 5.91 Å². The molecule has 2 aromatic carbocycles. The molecule has 0 saturated carbocycles. The molecule has 33 heavy (non-hydrogen) atoms. The lowest BCUT2D eigenvalue weighted by atomic mass is 9.81. The summed E-state index contributed by atoms with van der Waals surface area (Å²) in [7, 11) is 1.90. The Morgan fingerprint density at radius 1 is 1.15 bits per heavy atom. The normalized spacial score (nSPS) is 16.7. The van der Waals surface area contributed by atoms with Crippen LogP contribution in [0.15, 0.2) is 48.7 Å². The molecule has 0 atom stereocenters. The summed E-state index contributed by atoms with van der Waals surface area (Å²) in [5.74, 6) is 0.258. The molecule has 2 aliphatic rings. The van der Waals surface area contributed by atoms with Gasteiger partial charge < -0.3 is 14.4 Å². The Kier molecular flexibility index (Phi) is 4.88. The fraction of sp³-hybridized carbons (Fsp3) is 0.333.